The van der Waals surface area contributed by atoms with Crippen molar-refractivity contribution in [1.82, 2.24) is 15.4 Å². The van der Waals surface area contributed by atoms with Crippen LogP contribution < -0.4 is 5.32 Å². The second kappa shape index (κ2) is 8.17. The first-order valence-electron chi connectivity index (χ1n) is 8.27. The quantitative estimate of drug-likeness (QED) is 0.712. The van der Waals surface area contributed by atoms with E-state index in [1.54, 1.807) is 6.07 Å². The topological polar surface area (TPSA) is 58.4 Å². The van der Waals surface area contributed by atoms with E-state index in [1.165, 1.54) is 0 Å². The number of nitrogens with zero attached hydrogens (tertiary/aromatic N) is 2. The van der Waals surface area contributed by atoms with E-state index in [-0.39, 0.29) is 17.6 Å². The number of aromatic nitrogens is 1. The average molecular weight is 370 g/mol. The molecule has 0 radical (unpaired) electrons. The molecule has 0 aliphatic heterocycles. The van der Waals surface area contributed by atoms with Gasteiger partial charge in [0.05, 0.1) is 6.04 Å². The number of hydrogen-bond acceptors (Lipinski definition) is 4. The minimum atomic E-state index is -0.267. The highest BCUT2D eigenvalue weighted by molar-refractivity contribution is 6.30. The van der Waals surface area contributed by atoms with Crippen LogP contribution in [0, 0.1) is 0 Å². The van der Waals surface area contributed by atoms with Crippen molar-refractivity contribution in [3.63, 3.8) is 0 Å². The van der Waals surface area contributed by atoms with Gasteiger partial charge in [0.25, 0.3) is 5.91 Å². The number of rotatable bonds is 6. The number of likely N-dealkylation sites (N-methyl/N-ethyl adjacent to an activating group) is 1. The first kappa shape index (κ1) is 18.2. The molecule has 6 heteroatoms. The molecule has 1 aromatic heterocycles. The Bertz CT molecular complexity index is 860. The zero-order chi connectivity index (χ0) is 18.5. The van der Waals surface area contributed by atoms with Crippen LogP contribution in [0.15, 0.2) is 65.2 Å². The zero-order valence-corrected chi connectivity index (χ0v) is 15.4. The molecule has 1 heterocycles. The molecule has 2 aromatic carbocycles. The van der Waals surface area contributed by atoms with Crippen molar-refractivity contribution in [1.29, 1.82) is 0 Å². The molecule has 134 valence electrons. The fourth-order valence-electron chi connectivity index (χ4n) is 2.68. The molecule has 1 atom stereocenters. The Morgan fingerprint density at radius 3 is 2.50 bits per heavy atom. The van der Waals surface area contributed by atoms with Crippen LogP contribution in [0.25, 0.3) is 11.3 Å². The van der Waals surface area contributed by atoms with Crippen LogP contribution in [0.3, 0.4) is 0 Å². The highest BCUT2D eigenvalue weighted by Gasteiger charge is 2.18. The monoisotopic (exact) mass is 369 g/mol. The van der Waals surface area contributed by atoms with Gasteiger partial charge in [0, 0.05) is 23.2 Å². The largest absolute Gasteiger partial charge is 0.355 e. The van der Waals surface area contributed by atoms with Gasteiger partial charge in [-0.05, 0) is 31.8 Å². The highest BCUT2D eigenvalue weighted by Crippen LogP contribution is 2.21. The third kappa shape index (κ3) is 4.31. The third-order valence-electron chi connectivity index (χ3n) is 4.14. The van der Waals surface area contributed by atoms with Crippen molar-refractivity contribution >= 4 is 17.5 Å². The van der Waals surface area contributed by atoms with Crippen LogP contribution in [0.4, 0.5) is 0 Å². The van der Waals surface area contributed by atoms with Crippen molar-refractivity contribution in [2.24, 2.45) is 0 Å². The summed E-state index contributed by atoms with van der Waals surface area (Å²) in [5.74, 6) is 0.300. The summed E-state index contributed by atoms with van der Waals surface area (Å²) < 4.78 is 5.29. The van der Waals surface area contributed by atoms with Gasteiger partial charge in [0.2, 0.25) is 0 Å². The molecule has 1 N–H and O–H groups in total. The van der Waals surface area contributed by atoms with Gasteiger partial charge in [-0.3, -0.25) is 4.79 Å². The molecule has 3 rings (SSSR count). The number of hydrogen-bond donors (Lipinski definition) is 1. The van der Waals surface area contributed by atoms with E-state index in [1.807, 2.05) is 73.6 Å². The lowest BCUT2D eigenvalue weighted by atomic mass is 10.1. The van der Waals surface area contributed by atoms with Crippen LogP contribution in [0.2, 0.25) is 5.02 Å². The summed E-state index contributed by atoms with van der Waals surface area (Å²) in [7, 11) is 3.93. The summed E-state index contributed by atoms with van der Waals surface area (Å²) >= 11 is 5.95. The minimum Gasteiger partial charge on any atom is -0.355 e. The van der Waals surface area contributed by atoms with Crippen molar-refractivity contribution < 1.29 is 9.32 Å². The van der Waals surface area contributed by atoms with Gasteiger partial charge in [-0.25, -0.2) is 0 Å². The molecule has 0 saturated heterocycles. The van der Waals surface area contributed by atoms with E-state index >= 15 is 0 Å². The Kier molecular flexibility index (Phi) is 5.71. The van der Waals surface area contributed by atoms with Gasteiger partial charge < -0.3 is 14.7 Å². The van der Waals surface area contributed by atoms with Gasteiger partial charge >= 0.3 is 0 Å². The lowest BCUT2D eigenvalue weighted by Gasteiger charge is -2.25. The Balaban J connectivity index is 1.67. The molecule has 26 heavy (non-hydrogen) atoms. The molecule has 1 unspecified atom stereocenters. The SMILES string of the molecule is CN(C)C(CNC(=O)c1cc(-c2ccccc2)on1)c1ccc(Cl)cc1. The maximum absolute atomic E-state index is 12.4. The Morgan fingerprint density at radius 2 is 1.85 bits per heavy atom. The summed E-state index contributed by atoms with van der Waals surface area (Å²) in [6, 6.07) is 18.8. The molecule has 0 spiro atoms. The third-order valence-corrected chi connectivity index (χ3v) is 4.39. The molecule has 0 bridgehead atoms. The minimum absolute atomic E-state index is 0.0247. The van der Waals surface area contributed by atoms with Gasteiger partial charge in [-0.15, -0.1) is 0 Å². The molecule has 0 aliphatic carbocycles. The number of carbonyl (C=O) groups excluding carboxylic acids is 1. The first-order chi connectivity index (χ1) is 12.5. The fraction of sp³-hybridized carbons (Fsp3) is 0.200. The summed E-state index contributed by atoms with van der Waals surface area (Å²) in [6.07, 6.45) is 0. The summed E-state index contributed by atoms with van der Waals surface area (Å²) in [6.45, 7) is 0.445. The molecule has 0 saturated carbocycles. The van der Waals surface area contributed by atoms with Gasteiger partial charge in [0.1, 0.15) is 0 Å². The van der Waals surface area contributed by atoms with Crippen LogP contribution in [-0.2, 0) is 0 Å². The van der Waals surface area contributed by atoms with Crippen molar-refractivity contribution in [3.8, 4) is 11.3 Å². The van der Waals surface area contributed by atoms with E-state index in [0.29, 0.717) is 17.3 Å². The molecular weight excluding hydrogens is 350 g/mol. The van der Waals surface area contributed by atoms with Crippen LogP contribution in [-0.4, -0.2) is 36.6 Å². The van der Waals surface area contributed by atoms with E-state index in [9.17, 15) is 4.79 Å². The fourth-order valence-corrected chi connectivity index (χ4v) is 2.81. The number of amides is 1. The van der Waals surface area contributed by atoms with Crippen LogP contribution >= 0.6 is 11.6 Å². The Labute approximate surface area is 157 Å². The lowest BCUT2D eigenvalue weighted by molar-refractivity contribution is 0.0933. The van der Waals surface area contributed by atoms with Crippen molar-refractivity contribution in [2.45, 2.75) is 6.04 Å². The molecule has 1 amide bonds. The predicted molar refractivity (Wildman–Crippen MR) is 102 cm³/mol. The number of halogens is 1. The molecule has 0 aliphatic rings. The smallest absolute Gasteiger partial charge is 0.273 e. The lowest BCUT2D eigenvalue weighted by Crippen LogP contribution is -2.34. The van der Waals surface area contributed by atoms with Gasteiger partial charge in [-0.2, -0.15) is 0 Å². The number of carbonyl (C=O) groups is 1. The Hall–Kier alpha value is -2.63. The first-order valence-corrected chi connectivity index (χ1v) is 8.64. The van der Waals surface area contributed by atoms with Crippen molar-refractivity contribution in [3.05, 3.63) is 76.9 Å². The predicted octanol–water partition coefficient (Wildman–Crippen LogP) is 4.03. The second-order valence-electron chi connectivity index (χ2n) is 6.18. The van der Waals surface area contributed by atoms with Crippen molar-refractivity contribution in [2.75, 3.05) is 20.6 Å². The Morgan fingerprint density at radius 1 is 1.15 bits per heavy atom. The van der Waals surface area contributed by atoms with Crippen LogP contribution in [0.5, 0.6) is 0 Å². The normalized spacial score (nSPS) is 12.2. The van der Waals surface area contributed by atoms with E-state index < -0.39 is 0 Å². The molecule has 0 fully saturated rings. The summed E-state index contributed by atoms with van der Waals surface area (Å²) in [4.78, 5) is 14.5. The van der Waals surface area contributed by atoms with E-state index in [4.69, 9.17) is 16.1 Å². The zero-order valence-electron chi connectivity index (χ0n) is 14.6. The number of nitrogens with one attached hydrogen (secondary N) is 1. The molecule has 3 aromatic rings. The maximum Gasteiger partial charge on any atom is 0.273 e. The standard InChI is InChI=1S/C20H20ClN3O2/c1-24(2)18(14-8-10-16(21)11-9-14)13-22-20(25)17-12-19(26-23-17)15-6-4-3-5-7-15/h3-12,18H,13H2,1-2H3,(H,22,25). The average Bonchev–Trinajstić information content (AvgIpc) is 3.14. The summed E-state index contributed by atoms with van der Waals surface area (Å²) in [5, 5.41) is 7.49. The highest BCUT2D eigenvalue weighted by atomic mass is 35.5. The van der Waals surface area contributed by atoms with E-state index in [2.05, 4.69) is 10.5 Å². The second-order valence-corrected chi connectivity index (χ2v) is 6.62. The van der Waals surface area contributed by atoms with Gasteiger partial charge in [0.15, 0.2) is 11.5 Å². The van der Waals surface area contributed by atoms with Gasteiger partial charge in [-0.1, -0.05) is 59.2 Å². The molecule has 5 nitrogen and oxygen atoms in total. The molecular formula is C20H20ClN3O2. The van der Waals surface area contributed by atoms with Crippen LogP contribution in [0.1, 0.15) is 22.1 Å². The number of benzene rings is 2. The summed E-state index contributed by atoms with van der Waals surface area (Å²) in [5.41, 5.74) is 2.22. The van der Waals surface area contributed by atoms with E-state index in [0.717, 1.165) is 11.1 Å². The maximum atomic E-state index is 12.4.